The predicted molar refractivity (Wildman–Crippen MR) is 107 cm³/mol. The molecular weight excluding hydrogens is 466 g/mol. The fourth-order valence-corrected chi connectivity index (χ4v) is 2.64. The van der Waals surface area contributed by atoms with Gasteiger partial charge in [0.1, 0.15) is 0 Å². The molecule has 0 aromatic carbocycles. The van der Waals surface area contributed by atoms with Gasteiger partial charge in [0.05, 0.1) is 0 Å². The Labute approximate surface area is 217 Å². The van der Waals surface area contributed by atoms with Crippen LogP contribution in [0.3, 0.4) is 0 Å². The molecule has 0 saturated carbocycles. The fourth-order valence-electron chi connectivity index (χ4n) is 2.64. The van der Waals surface area contributed by atoms with Crippen molar-refractivity contribution in [2.45, 2.75) is 117 Å². The topological polar surface area (TPSA) is 80.3 Å². The Bertz CT molecular complexity index is 285. The quantitative estimate of drug-likeness (QED) is 0.239. The molecule has 0 N–H and O–H groups in total. The van der Waals surface area contributed by atoms with Gasteiger partial charge in [-0.3, -0.25) is 0 Å². The van der Waals surface area contributed by atoms with E-state index in [1.807, 2.05) is 0 Å². The molecule has 0 radical (unpaired) electrons. The van der Waals surface area contributed by atoms with E-state index in [0.29, 0.717) is 0 Å². The van der Waals surface area contributed by atoms with Gasteiger partial charge in [0, 0.05) is 11.9 Å². The second-order valence-corrected chi connectivity index (χ2v) is 6.56. The fraction of sp³-hybridized carbons (Fsp3) is 0.900. The Balaban J connectivity index is -0.000000363. The summed E-state index contributed by atoms with van der Waals surface area (Å²) in [5, 5.41) is 19.1. The van der Waals surface area contributed by atoms with Crippen molar-refractivity contribution in [3.05, 3.63) is 0 Å². The van der Waals surface area contributed by atoms with Crippen LogP contribution in [0.25, 0.3) is 0 Å². The van der Waals surface area contributed by atoms with Crippen molar-refractivity contribution in [3.8, 4) is 0 Å². The van der Waals surface area contributed by atoms with E-state index in [0.717, 1.165) is 19.8 Å². The molecule has 26 heavy (non-hydrogen) atoms. The average Bonchev–Trinajstić information content (AvgIpc) is 2.50. The van der Waals surface area contributed by atoms with E-state index in [4.69, 9.17) is 9.90 Å². The van der Waals surface area contributed by atoms with E-state index in [1.54, 1.807) is 0 Å². The molecule has 0 heterocycles. The van der Waals surface area contributed by atoms with Gasteiger partial charge in [0.2, 0.25) is 0 Å². The van der Waals surface area contributed by atoms with Gasteiger partial charge in [-0.05, 0) is 19.8 Å². The van der Waals surface area contributed by atoms with Gasteiger partial charge in [0.15, 0.2) is 0 Å². The molecule has 0 amide bonds. The number of unbranched alkanes of at least 4 members (excludes halogenated alkanes) is 14. The monoisotopic (exact) mass is 504 g/mol. The second-order valence-electron chi connectivity index (χ2n) is 6.56. The number of carboxylic acid groups (broad SMARTS) is 2. The van der Waals surface area contributed by atoms with Crippen LogP contribution in [-0.4, -0.2) is 83.9 Å². The first kappa shape index (κ1) is 34.8. The molecule has 0 atom stereocenters. The van der Waals surface area contributed by atoms with Crippen LogP contribution in [0.15, 0.2) is 0 Å². The third kappa shape index (κ3) is 44.6. The first-order valence-electron chi connectivity index (χ1n) is 9.88. The van der Waals surface area contributed by atoms with E-state index in [1.165, 1.54) is 83.5 Å². The minimum atomic E-state index is -1.08. The van der Waals surface area contributed by atoms with Crippen molar-refractivity contribution in [2.75, 3.05) is 0 Å². The molecule has 0 aliphatic heterocycles. The van der Waals surface area contributed by atoms with Gasteiger partial charge in [0.25, 0.3) is 0 Å². The van der Waals surface area contributed by atoms with E-state index in [-0.39, 0.29) is 78.4 Å². The molecule has 0 rings (SSSR count). The molecular formula is C20H38BaMgO4+2. The minimum absolute atomic E-state index is 0. The van der Waals surface area contributed by atoms with Gasteiger partial charge in [-0.1, -0.05) is 96.8 Å². The molecule has 0 fully saturated rings. The number of rotatable bonds is 16. The maximum atomic E-state index is 10.2. The first-order chi connectivity index (χ1) is 11.5. The van der Waals surface area contributed by atoms with Gasteiger partial charge < -0.3 is 19.8 Å². The molecule has 0 aliphatic carbocycles. The first-order valence-corrected chi connectivity index (χ1v) is 9.88. The van der Waals surface area contributed by atoms with Crippen molar-refractivity contribution >= 4 is 83.9 Å². The second kappa shape index (κ2) is 31.0. The summed E-state index contributed by atoms with van der Waals surface area (Å²) in [5.41, 5.74) is 0. The Morgan fingerprint density at radius 3 is 1.08 bits per heavy atom. The Hall–Kier alpha value is 1.28. The van der Waals surface area contributed by atoms with Crippen molar-refractivity contribution in [2.24, 2.45) is 0 Å². The Morgan fingerprint density at radius 1 is 0.615 bits per heavy atom. The largest absolute Gasteiger partial charge is 2.00 e. The van der Waals surface area contributed by atoms with E-state index >= 15 is 0 Å². The summed E-state index contributed by atoms with van der Waals surface area (Å²) in [6.45, 7) is 3.24. The maximum absolute atomic E-state index is 10.2. The zero-order chi connectivity index (χ0) is 18.5. The summed E-state index contributed by atoms with van der Waals surface area (Å²) in [6.07, 6.45) is 19.9. The number of hydrogen-bond acceptors (Lipinski definition) is 4. The zero-order valence-electron chi connectivity index (χ0n) is 17.4. The summed E-state index contributed by atoms with van der Waals surface area (Å²) in [4.78, 5) is 19.1. The van der Waals surface area contributed by atoms with E-state index in [9.17, 15) is 9.90 Å². The molecule has 0 unspecified atom stereocenters. The molecule has 0 aliphatic rings. The summed E-state index contributed by atoms with van der Waals surface area (Å²) < 4.78 is 0. The number of carbonyl (C=O) groups is 2. The molecule has 0 bridgehead atoms. The van der Waals surface area contributed by atoms with Crippen LogP contribution in [-0.2, 0) is 9.59 Å². The van der Waals surface area contributed by atoms with Crippen LogP contribution < -0.4 is 10.2 Å². The van der Waals surface area contributed by atoms with Gasteiger partial charge in [-0.25, -0.2) is 0 Å². The van der Waals surface area contributed by atoms with Crippen molar-refractivity contribution in [1.29, 1.82) is 0 Å². The van der Waals surface area contributed by atoms with Crippen LogP contribution in [0.1, 0.15) is 117 Å². The molecule has 6 heteroatoms. The number of carboxylic acids is 2. The van der Waals surface area contributed by atoms with Gasteiger partial charge in [-0.15, -0.1) is 0 Å². The van der Waals surface area contributed by atoms with Gasteiger partial charge in [-0.2, -0.15) is 0 Å². The van der Waals surface area contributed by atoms with Crippen molar-refractivity contribution < 1.29 is 19.8 Å². The molecule has 144 valence electrons. The van der Waals surface area contributed by atoms with E-state index in [2.05, 4.69) is 6.92 Å². The summed E-state index contributed by atoms with van der Waals surface area (Å²) in [7, 11) is 0. The van der Waals surface area contributed by atoms with Crippen LogP contribution in [0, 0.1) is 0 Å². The van der Waals surface area contributed by atoms with Crippen LogP contribution in [0.5, 0.6) is 0 Å². The number of aliphatic carboxylic acids is 2. The van der Waals surface area contributed by atoms with Crippen molar-refractivity contribution in [3.63, 3.8) is 0 Å². The average molecular weight is 504 g/mol. The summed E-state index contributed by atoms with van der Waals surface area (Å²) >= 11 is 0. The number of carbonyl (C=O) groups excluding carboxylic acids is 2. The van der Waals surface area contributed by atoms with Crippen molar-refractivity contribution in [1.82, 2.24) is 0 Å². The molecule has 0 spiro atoms. The van der Waals surface area contributed by atoms with Crippen LogP contribution in [0.2, 0.25) is 0 Å². The summed E-state index contributed by atoms with van der Waals surface area (Å²) in [5.74, 6) is -1.99. The standard InChI is InChI=1S/C18H36O2.C2H4O2.Ba.Mg/c1-2-3-4-5-6-7-8-9-10-11-12-13-14-15-16-17-18(19)20;1-2(3)4;;/h2-17H2,1H3,(H,19,20);1H3,(H,3,4);;/q;;2*+2/p-2. The summed E-state index contributed by atoms with van der Waals surface area (Å²) in [6, 6.07) is 0. The zero-order valence-corrected chi connectivity index (χ0v) is 23.2. The maximum Gasteiger partial charge on any atom is 2.00 e. The normalized spacial score (nSPS) is 9.31. The van der Waals surface area contributed by atoms with Crippen LogP contribution in [0.4, 0.5) is 0 Å². The Kier molecular flexibility index (Phi) is 41.4. The van der Waals surface area contributed by atoms with Crippen LogP contribution >= 0.6 is 0 Å². The van der Waals surface area contributed by atoms with Gasteiger partial charge >= 0.3 is 71.9 Å². The third-order valence-corrected chi connectivity index (χ3v) is 3.98. The SMILES string of the molecule is CC(=O)[O-].CCCCCCCCCCCCCCCCCC(=O)[O-].[Ba+2].[Mg+2]. The van der Waals surface area contributed by atoms with E-state index < -0.39 is 11.9 Å². The minimum Gasteiger partial charge on any atom is -0.550 e. The Morgan fingerprint density at radius 2 is 0.846 bits per heavy atom. The molecule has 0 aromatic heterocycles. The number of hydrogen-bond donors (Lipinski definition) is 0. The third-order valence-electron chi connectivity index (χ3n) is 3.98. The molecule has 0 aromatic rings. The predicted octanol–water partition coefficient (Wildman–Crippen LogP) is 2.99. The smallest absolute Gasteiger partial charge is 0.550 e. The molecule has 4 nitrogen and oxygen atoms in total. The molecule has 0 saturated heterocycles.